The van der Waals surface area contributed by atoms with Crippen molar-refractivity contribution in [2.24, 2.45) is 5.10 Å². The molecule has 4 aromatic rings. The number of fused-ring (bicyclic) bond motifs is 1. The number of thiazole rings is 1. The van der Waals surface area contributed by atoms with E-state index in [1.165, 1.54) is 0 Å². The second-order valence-corrected chi connectivity index (χ2v) is 10.4. The Bertz CT molecular complexity index is 1120. The molecule has 0 atom stereocenters. The number of nitrogens with one attached hydrogen (secondary N) is 1. The normalized spacial score (nSPS) is 11.3. The predicted octanol–water partition coefficient (Wildman–Crippen LogP) is 7.29. The van der Waals surface area contributed by atoms with Crippen LogP contribution in [0.15, 0.2) is 70.2 Å². The predicted molar refractivity (Wildman–Crippen MR) is 141 cm³/mol. The van der Waals surface area contributed by atoms with Gasteiger partial charge in [0.1, 0.15) is 12.4 Å². The molecule has 0 saturated carbocycles. The van der Waals surface area contributed by atoms with Gasteiger partial charge in [-0.15, -0.1) is 0 Å². The van der Waals surface area contributed by atoms with Crippen molar-refractivity contribution in [1.82, 2.24) is 4.98 Å². The lowest BCUT2D eigenvalue weighted by Gasteiger charge is -2.11. The average Bonchev–Trinajstić information content (AvgIpc) is 3.11. The minimum absolute atomic E-state index is 0.534. The third-order valence-corrected chi connectivity index (χ3v) is 7.06. The van der Waals surface area contributed by atoms with Crippen LogP contribution in [0.5, 0.6) is 5.75 Å². The monoisotopic (exact) mass is 689 g/mol. The van der Waals surface area contributed by atoms with E-state index < -0.39 is 0 Å². The Morgan fingerprint density at radius 2 is 1.79 bits per heavy atom. The fraction of sp³-hybridized carbons (Fsp3) is 0.0476. The molecule has 1 aromatic heterocycles. The molecule has 4 rings (SSSR count). The molecule has 1 heterocycles. The number of halogens is 3. The van der Waals surface area contributed by atoms with Gasteiger partial charge in [0.15, 0.2) is 0 Å². The van der Waals surface area contributed by atoms with Crippen molar-refractivity contribution in [2.45, 2.75) is 6.61 Å². The van der Waals surface area contributed by atoms with Gasteiger partial charge in [-0.05, 0) is 92.7 Å². The van der Waals surface area contributed by atoms with E-state index in [4.69, 9.17) is 4.74 Å². The van der Waals surface area contributed by atoms with Crippen molar-refractivity contribution in [3.63, 3.8) is 0 Å². The molecule has 0 spiro atoms. The van der Waals surface area contributed by atoms with Crippen molar-refractivity contribution in [1.29, 1.82) is 0 Å². The van der Waals surface area contributed by atoms with Gasteiger partial charge in [0.05, 0.1) is 23.6 Å². The van der Waals surface area contributed by atoms with E-state index in [1.807, 2.05) is 30.3 Å². The lowest BCUT2D eigenvalue weighted by Crippen LogP contribution is -2.00. The minimum atomic E-state index is 0.534. The summed E-state index contributed by atoms with van der Waals surface area (Å²) < 4.78 is 10.4. The van der Waals surface area contributed by atoms with E-state index in [2.05, 4.69) is 107 Å². The number of rotatable bonds is 6. The maximum absolute atomic E-state index is 6.06. The molecule has 0 bridgehead atoms. The zero-order valence-electron chi connectivity index (χ0n) is 14.9. The van der Waals surface area contributed by atoms with Gasteiger partial charge in [0.2, 0.25) is 5.13 Å². The van der Waals surface area contributed by atoms with Gasteiger partial charge in [-0.25, -0.2) is 4.98 Å². The highest BCUT2D eigenvalue weighted by Gasteiger charge is 2.09. The molecule has 29 heavy (non-hydrogen) atoms. The Morgan fingerprint density at radius 1 is 1.07 bits per heavy atom. The largest absolute Gasteiger partial charge is 0.487 e. The fourth-order valence-electron chi connectivity index (χ4n) is 2.61. The SMILES string of the molecule is Brc1ccc(COc2c(I)cc(/C=N\Nc3nc4ccccc4s3)cc2I)cc1. The summed E-state index contributed by atoms with van der Waals surface area (Å²) >= 11 is 9.64. The van der Waals surface area contributed by atoms with Crippen LogP contribution >= 0.6 is 72.4 Å². The van der Waals surface area contributed by atoms with Gasteiger partial charge >= 0.3 is 0 Å². The molecule has 3 aromatic carbocycles. The molecule has 0 aliphatic heterocycles. The molecule has 1 N–H and O–H groups in total. The van der Waals surface area contributed by atoms with Crippen molar-refractivity contribution >= 4 is 94.0 Å². The van der Waals surface area contributed by atoms with Crippen LogP contribution in [-0.2, 0) is 6.61 Å². The Morgan fingerprint density at radius 3 is 2.52 bits per heavy atom. The third-order valence-electron chi connectivity index (χ3n) is 3.98. The number of nitrogens with zero attached hydrogens (tertiary/aromatic N) is 2. The molecule has 0 unspecified atom stereocenters. The summed E-state index contributed by atoms with van der Waals surface area (Å²) in [5, 5.41) is 5.12. The summed E-state index contributed by atoms with van der Waals surface area (Å²) in [6.07, 6.45) is 1.80. The van der Waals surface area contributed by atoms with Crippen LogP contribution in [-0.4, -0.2) is 11.2 Å². The second kappa shape index (κ2) is 9.71. The van der Waals surface area contributed by atoms with Crippen LogP contribution in [0.4, 0.5) is 5.13 Å². The summed E-state index contributed by atoms with van der Waals surface area (Å²) in [4.78, 5) is 4.52. The van der Waals surface area contributed by atoms with Gasteiger partial charge in [-0.3, -0.25) is 5.43 Å². The molecule has 0 radical (unpaired) electrons. The Balaban J connectivity index is 1.43. The van der Waals surface area contributed by atoms with Gasteiger partial charge < -0.3 is 4.74 Å². The van der Waals surface area contributed by atoms with Gasteiger partial charge in [-0.1, -0.05) is 51.5 Å². The molecular formula is C21H14BrI2N3OS. The van der Waals surface area contributed by atoms with Crippen LogP contribution in [0.25, 0.3) is 10.2 Å². The molecule has 0 amide bonds. The molecule has 0 aliphatic carbocycles. The van der Waals surface area contributed by atoms with E-state index >= 15 is 0 Å². The molecular weight excluding hydrogens is 676 g/mol. The number of benzene rings is 3. The first-order valence-electron chi connectivity index (χ1n) is 8.59. The lowest BCUT2D eigenvalue weighted by molar-refractivity contribution is 0.301. The van der Waals surface area contributed by atoms with Crippen LogP contribution in [0.3, 0.4) is 0 Å². The van der Waals surface area contributed by atoms with Crippen LogP contribution in [0.2, 0.25) is 0 Å². The minimum Gasteiger partial charge on any atom is -0.487 e. The Kier molecular flexibility index (Phi) is 7.04. The first-order valence-corrected chi connectivity index (χ1v) is 12.4. The van der Waals surface area contributed by atoms with Gasteiger partial charge in [-0.2, -0.15) is 5.10 Å². The Hall–Kier alpha value is -1.24. The number of hydrogen-bond acceptors (Lipinski definition) is 5. The highest BCUT2D eigenvalue weighted by molar-refractivity contribution is 14.1. The van der Waals surface area contributed by atoms with Crippen molar-refractivity contribution in [3.8, 4) is 5.75 Å². The van der Waals surface area contributed by atoms with Crippen LogP contribution < -0.4 is 10.2 Å². The quantitative estimate of drug-likeness (QED) is 0.131. The number of ether oxygens (including phenoxy) is 1. The molecule has 0 fully saturated rings. The topological polar surface area (TPSA) is 46.5 Å². The smallest absolute Gasteiger partial charge is 0.204 e. The molecule has 146 valence electrons. The van der Waals surface area contributed by atoms with E-state index in [-0.39, 0.29) is 0 Å². The van der Waals surface area contributed by atoms with E-state index in [0.717, 1.165) is 43.8 Å². The van der Waals surface area contributed by atoms with E-state index in [9.17, 15) is 0 Å². The summed E-state index contributed by atoms with van der Waals surface area (Å²) in [5.74, 6) is 0.894. The van der Waals surface area contributed by atoms with Crippen molar-refractivity contribution < 1.29 is 4.74 Å². The number of anilines is 1. The number of para-hydroxylation sites is 1. The first kappa shape index (κ1) is 21.0. The van der Waals surface area contributed by atoms with Gasteiger partial charge in [0.25, 0.3) is 0 Å². The fourth-order valence-corrected chi connectivity index (χ4v) is 5.82. The second-order valence-electron chi connectivity index (χ2n) is 6.09. The third kappa shape index (κ3) is 5.47. The highest BCUT2D eigenvalue weighted by atomic mass is 127. The first-order chi connectivity index (χ1) is 14.1. The summed E-state index contributed by atoms with van der Waals surface area (Å²) in [6, 6.07) is 20.3. The molecule has 0 aliphatic rings. The maximum atomic E-state index is 6.06. The average molecular weight is 690 g/mol. The maximum Gasteiger partial charge on any atom is 0.204 e. The highest BCUT2D eigenvalue weighted by Crippen LogP contribution is 2.30. The van der Waals surface area contributed by atoms with Crippen LogP contribution in [0.1, 0.15) is 11.1 Å². The number of aromatic nitrogens is 1. The summed E-state index contributed by atoms with van der Waals surface area (Å²) in [5.41, 5.74) is 6.14. The van der Waals surface area contributed by atoms with E-state index in [0.29, 0.717) is 6.61 Å². The molecule has 0 saturated heterocycles. The zero-order valence-corrected chi connectivity index (χ0v) is 21.6. The lowest BCUT2D eigenvalue weighted by atomic mass is 10.2. The number of hydrogen-bond donors (Lipinski definition) is 1. The van der Waals surface area contributed by atoms with Gasteiger partial charge in [0, 0.05) is 4.47 Å². The van der Waals surface area contributed by atoms with Crippen LogP contribution in [0, 0.1) is 7.14 Å². The number of hydrazone groups is 1. The molecule has 8 heteroatoms. The molecule has 4 nitrogen and oxygen atoms in total. The standard InChI is InChI=1S/C21H14BrI2N3OS/c22-15-7-5-13(6-8-15)12-28-20-16(23)9-14(10-17(20)24)11-25-27-21-26-18-3-1-2-4-19(18)29-21/h1-11H,12H2,(H,26,27)/b25-11-. The van der Waals surface area contributed by atoms with Crippen molar-refractivity contribution in [2.75, 3.05) is 5.43 Å². The Labute approximate surface area is 208 Å². The summed E-state index contributed by atoms with van der Waals surface area (Å²) in [6.45, 7) is 0.534. The van der Waals surface area contributed by atoms with E-state index in [1.54, 1.807) is 17.6 Å². The van der Waals surface area contributed by atoms with Crippen molar-refractivity contribution in [3.05, 3.63) is 83.4 Å². The zero-order chi connectivity index (χ0) is 20.2. The summed E-state index contributed by atoms with van der Waals surface area (Å²) in [7, 11) is 0.